The van der Waals surface area contributed by atoms with Crippen molar-refractivity contribution in [1.82, 2.24) is 0 Å². The summed E-state index contributed by atoms with van der Waals surface area (Å²) in [6, 6.07) is 0. The average molecular weight is 176 g/mol. The second kappa shape index (κ2) is 4.77. The fourth-order valence-electron chi connectivity index (χ4n) is 0.747. The first kappa shape index (κ1) is 9.92. The van der Waals surface area contributed by atoms with Crippen LogP contribution < -0.4 is 0 Å². The highest BCUT2D eigenvalue weighted by Crippen LogP contribution is 2.10. The van der Waals surface area contributed by atoms with E-state index in [4.69, 9.17) is 18.9 Å². The van der Waals surface area contributed by atoms with Gasteiger partial charge in [-0.3, -0.25) is 0 Å². The van der Waals surface area contributed by atoms with Crippen molar-refractivity contribution in [1.29, 1.82) is 0 Å². The third-order valence-corrected chi connectivity index (χ3v) is 1.58. The molecule has 0 saturated carbocycles. The summed E-state index contributed by atoms with van der Waals surface area (Å²) in [5, 5.41) is 0. The highest BCUT2D eigenvalue weighted by molar-refractivity contribution is 4.67. The topological polar surface area (TPSA) is 43.5 Å². The molecule has 2 heterocycles. The summed E-state index contributed by atoms with van der Waals surface area (Å²) in [4.78, 5) is 0. The molecule has 2 rings (SSSR count). The van der Waals surface area contributed by atoms with Gasteiger partial charge in [0.25, 0.3) is 0 Å². The van der Waals surface area contributed by atoms with Crippen molar-refractivity contribution >= 4 is 0 Å². The van der Waals surface area contributed by atoms with Crippen molar-refractivity contribution in [3.05, 3.63) is 0 Å². The number of epoxide rings is 2. The molecule has 0 aromatic carbocycles. The lowest BCUT2D eigenvalue weighted by Gasteiger charge is -2.01. The normalized spacial score (nSPS) is 31.0. The fraction of sp³-hybridized carbons (Fsp3) is 1.00. The van der Waals surface area contributed by atoms with Crippen LogP contribution in [0.3, 0.4) is 0 Å². The van der Waals surface area contributed by atoms with Gasteiger partial charge >= 0.3 is 0 Å². The summed E-state index contributed by atoms with van der Waals surface area (Å²) in [6.45, 7) is 3.36. The predicted octanol–water partition coefficient (Wildman–Crippen LogP) is 0.411. The zero-order valence-corrected chi connectivity index (χ0v) is 6.32. The Labute approximate surface area is 72.7 Å². The molecule has 0 radical (unpaired) electrons. The van der Waals surface area contributed by atoms with Crippen molar-refractivity contribution in [3.8, 4) is 0 Å². The molecule has 2 unspecified atom stereocenters. The van der Waals surface area contributed by atoms with E-state index in [1.807, 2.05) is 0 Å². The number of hydrogen-bond donors (Lipinski definition) is 0. The summed E-state index contributed by atoms with van der Waals surface area (Å²) >= 11 is 0. The van der Waals surface area contributed by atoms with E-state index < -0.39 is 0 Å². The minimum atomic E-state index is 0. The quantitative estimate of drug-likeness (QED) is 0.334. The van der Waals surface area contributed by atoms with Crippen molar-refractivity contribution < 1.29 is 18.9 Å². The van der Waals surface area contributed by atoms with Crippen molar-refractivity contribution in [2.24, 2.45) is 0 Å². The summed E-state index contributed by atoms with van der Waals surface area (Å²) in [5.74, 6) is 0. The smallest absolute Gasteiger partial charge is 0.146 e. The van der Waals surface area contributed by atoms with Gasteiger partial charge in [0.1, 0.15) is 19.0 Å². The van der Waals surface area contributed by atoms with E-state index in [9.17, 15) is 0 Å². The maximum atomic E-state index is 5.13. The average Bonchev–Trinajstić information content (AvgIpc) is 2.83. The first-order valence-corrected chi connectivity index (χ1v) is 3.84. The van der Waals surface area contributed by atoms with Gasteiger partial charge < -0.3 is 18.9 Å². The fourth-order valence-corrected chi connectivity index (χ4v) is 0.747. The predicted molar refractivity (Wildman–Crippen MR) is 43.0 cm³/mol. The SMILES string of the molecule is C.C(OCC1CO1)OCC1CO1. The molecule has 72 valence electrons. The Morgan fingerprint density at radius 2 is 1.42 bits per heavy atom. The molecule has 0 aromatic rings. The highest BCUT2D eigenvalue weighted by Gasteiger charge is 2.23. The van der Waals surface area contributed by atoms with Crippen LogP contribution in [0.4, 0.5) is 0 Å². The Bertz CT molecular complexity index is 106. The molecule has 0 aliphatic carbocycles. The maximum Gasteiger partial charge on any atom is 0.146 e. The van der Waals surface area contributed by atoms with Crippen molar-refractivity contribution in [3.63, 3.8) is 0 Å². The van der Waals surface area contributed by atoms with Gasteiger partial charge in [-0.2, -0.15) is 0 Å². The number of rotatable bonds is 6. The Morgan fingerprint density at radius 1 is 1.00 bits per heavy atom. The minimum absolute atomic E-state index is 0. The lowest BCUT2D eigenvalue weighted by atomic mass is 10.5. The summed E-state index contributed by atoms with van der Waals surface area (Å²) in [5.41, 5.74) is 0. The second-order valence-electron chi connectivity index (χ2n) is 2.77. The van der Waals surface area contributed by atoms with Crippen LogP contribution >= 0.6 is 0 Å². The third kappa shape index (κ3) is 4.01. The minimum Gasteiger partial charge on any atom is -0.371 e. The van der Waals surface area contributed by atoms with Crippen LogP contribution in [0.1, 0.15) is 7.43 Å². The van der Waals surface area contributed by atoms with E-state index in [2.05, 4.69) is 0 Å². The van der Waals surface area contributed by atoms with Gasteiger partial charge in [0.15, 0.2) is 0 Å². The zero-order valence-electron chi connectivity index (χ0n) is 6.32. The molecule has 0 aromatic heterocycles. The van der Waals surface area contributed by atoms with Gasteiger partial charge in [-0.25, -0.2) is 0 Å². The van der Waals surface area contributed by atoms with Crippen molar-refractivity contribution in [2.45, 2.75) is 19.6 Å². The molecular weight excluding hydrogens is 160 g/mol. The van der Waals surface area contributed by atoms with E-state index >= 15 is 0 Å². The van der Waals surface area contributed by atoms with Gasteiger partial charge in [0.2, 0.25) is 0 Å². The highest BCUT2D eigenvalue weighted by atomic mass is 16.7. The van der Waals surface area contributed by atoms with Crippen LogP contribution in [-0.2, 0) is 18.9 Å². The maximum absolute atomic E-state index is 5.13. The summed E-state index contributed by atoms with van der Waals surface area (Å²) < 4.78 is 20.2. The molecule has 12 heavy (non-hydrogen) atoms. The third-order valence-electron chi connectivity index (χ3n) is 1.58. The summed E-state index contributed by atoms with van der Waals surface area (Å²) in [7, 11) is 0. The van der Waals surface area contributed by atoms with Crippen LogP contribution in [0.5, 0.6) is 0 Å². The first-order valence-electron chi connectivity index (χ1n) is 3.84. The van der Waals surface area contributed by atoms with Crippen LogP contribution in [0.25, 0.3) is 0 Å². The molecule has 0 bridgehead atoms. The Kier molecular flexibility index (Phi) is 3.94. The number of ether oxygens (including phenoxy) is 4. The monoisotopic (exact) mass is 176 g/mol. The molecule has 2 atom stereocenters. The van der Waals surface area contributed by atoms with Crippen LogP contribution in [0.2, 0.25) is 0 Å². The number of hydrogen-bond acceptors (Lipinski definition) is 4. The van der Waals surface area contributed by atoms with E-state index in [1.165, 1.54) is 0 Å². The summed E-state index contributed by atoms with van der Waals surface area (Å²) in [6.07, 6.45) is 0.659. The Morgan fingerprint density at radius 3 is 1.75 bits per heavy atom. The molecule has 0 amide bonds. The lowest BCUT2D eigenvalue weighted by Crippen LogP contribution is -2.08. The van der Waals surface area contributed by atoms with Gasteiger partial charge in [-0.1, -0.05) is 7.43 Å². The second-order valence-corrected chi connectivity index (χ2v) is 2.77. The van der Waals surface area contributed by atoms with Crippen LogP contribution in [0, 0.1) is 0 Å². The van der Waals surface area contributed by atoms with Gasteiger partial charge in [0.05, 0.1) is 26.4 Å². The molecule has 0 spiro atoms. The lowest BCUT2D eigenvalue weighted by molar-refractivity contribution is -0.0611. The molecule has 2 saturated heterocycles. The molecule has 2 fully saturated rings. The Hall–Kier alpha value is -0.160. The Balaban J connectivity index is 0.000000720. The van der Waals surface area contributed by atoms with E-state index in [-0.39, 0.29) is 7.43 Å². The molecule has 2 aliphatic rings. The van der Waals surface area contributed by atoms with Gasteiger partial charge in [-0.05, 0) is 0 Å². The standard InChI is InChI=1S/C7H12O4.CH4/c1(6-3-10-6)8-5-9-2-7-4-11-7;/h6-7H,1-5H2;1H4. The van der Waals surface area contributed by atoms with E-state index in [0.29, 0.717) is 32.2 Å². The van der Waals surface area contributed by atoms with Crippen LogP contribution in [0.15, 0.2) is 0 Å². The van der Waals surface area contributed by atoms with Gasteiger partial charge in [-0.15, -0.1) is 0 Å². The molecular formula is C8H16O4. The molecule has 4 nitrogen and oxygen atoms in total. The van der Waals surface area contributed by atoms with E-state index in [1.54, 1.807) is 0 Å². The van der Waals surface area contributed by atoms with Gasteiger partial charge in [0, 0.05) is 0 Å². The van der Waals surface area contributed by atoms with Crippen molar-refractivity contribution in [2.75, 3.05) is 33.2 Å². The first-order chi connectivity index (χ1) is 5.45. The largest absolute Gasteiger partial charge is 0.371 e. The molecule has 2 aliphatic heterocycles. The van der Waals surface area contributed by atoms with E-state index in [0.717, 1.165) is 13.2 Å². The zero-order chi connectivity index (χ0) is 7.52. The molecule has 4 heteroatoms. The van der Waals surface area contributed by atoms with Crippen LogP contribution in [-0.4, -0.2) is 45.4 Å². The molecule has 0 N–H and O–H groups in total.